The minimum Gasteiger partial charge on any atom is -0.507 e. The van der Waals surface area contributed by atoms with Crippen LogP contribution in [0, 0.1) is 6.92 Å². The maximum Gasteiger partial charge on any atom is 0.332 e. The Morgan fingerprint density at radius 1 is 1.47 bits per heavy atom. The summed E-state index contributed by atoms with van der Waals surface area (Å²) in [5.41, 5.74) is 10.9. The summed E-state index contributed by atoms with van der Waals surface area (Å²) >= 11 is 0. The van der Waals surface area contributed by atoms with Crippen molar-refractivity contribution in [2.24, 2.45) is 10.8 Å². The first-order valence-corrected chi connectivity index (χ1v) is 5.53. The van der Waals surface area contributed by atoms with Gasteiger partial charge in [0.05, 0.1) is 5.71 Å². The SMILES string of the molecule is Cc1ccc(O)c2c1CCC/C2=N\NC(N)=O. The molecule has 0 fully saturated rings. The lowest BCUT2D eigenvalue weighted by molar-refractivity contribution is 0.249. The number of urea groups is 1. The second kappa shape index (κ2) is 4.45. The fourth-order valence-corrected chi connectivity index (χ4v) is 2.18. The number of hydrazone groups is 1. The molecule has 4 N–H and O–H groups in total. The highest BCUT2D eigenvalue weighted by Gasteiger charge is 2.20. The van der Waals surface area contributed by atoms with E-state index in [0.717, 1.165) is 36.0 Å². The number of amides is 2. The Morgan fingerprint density at radius 2 is 2.24 bits per heavy atom. The molecule has 2 rings (SSSR count). The van der Waals surface area contributed by atoms with E-state index >= 15 is 0 Å². The number of aryl methyl sites for hydroxylation is 1. The summed E-state index contributed by atoms with van der Waals surface area (Å²) in [6.07, 6.45) is 2.60. The lowest BCUT2D eigenvalue weighted by Crippen LogP contribution is -2.27. The number of rotatable bonds is 1. The first-order valence-electron chi connectivity index (χ1n) is 5.53. The van der Waals surface area contributed by atoms with Crippen LogP contribution in [0.25, 0.3) is 0 Å². The molecule has 1 aromatic carbocycles. The molecule has 0 saturated heterocycles. The molecule has 0 aromatic heterocycles. The molecule has 0 saturated carbocycles. The molecule has 5 nitrogen and oxygen atoms in total. The van der Waals surface area contributed by atoms with Gasteiger partial charge in [-0.3, -0.25) is 0 Å². The number of phenolic OH excluding ortho intramolecular Hbond substituents is 1. The molecule has 0 radical (unpaired) electrons. The van der Waals surface area contributed by atoms with Crippen molar-refractivity contribution in [3.63, 3.8) is 0 Å². The fraction of sp³-hybridized carbons (Fsp3) is 0.333. The number of primary amides is 1. The first kappa shape index (κ1) is 11.4. The first-order chi connectivity index (χ1) is 8.09. The van der Waals surface area contributed by atoms with E-state index in [9.17, 15) is 9.90 Å². The number of hydrogen-bond acceptors (Lipinski definition) is 3. The van der Waals surface area contributed by atoms with Gasteiger partial charge >= 0.3 is 6.03 Å². The van der Waals surface area contributed by atoms with E-state index in [-0.39, 0.29) is 5.75 Å². The van der Waals surface area contributed by atoms with Crippen LogP contribution in [0.15, 0.2) is 17.2 Å². The zero-order chi connectivity index (χ0) is 12.4. The van der Waals surface area contributed by atoms with Crippen molar-refractivity contribution in [1.29, 1.82) is 0 Å². The van der Waals surface area contributed by atoms with Crippen LogP contribution in [0.3, 0.4) is 0 Å². The standard InChI is InChI=1S/C12H15N3O2/c1-7-5-6-10(16)11-8(7)3-2-4-9(11)14-15-12(13)17/h5-6,16H,2-4H2,1H3,(H3,13,15,17)/b14-9+. The summed E-state index contributed by atoms with van der Waals surface area (Å²) < 4.78 is 0. The number of carbonyl (C=O) groups is 1. The maximum atomic E-state index is 10.6. The Morgan fingerprint density at radius 3 is 2.94 bits per heavy atom. The summed E-state index contributed by atoms with van der Waals surface area (Å²) in [7, 11) is 0. The Bertz CT molecular complexity index is 495. The molecule has 5 heteroatoms. The summed E-state index contributed by atoms with van der Waals surface area (Å²) in [6, 6.07) is 2.84. The van der Waals surface area contributed by atoms with Crippen molar-refractivity contribution in [2.45, 2.75) is 26.2 Å². The van der Waals surface area contributed by atoms with E-state index < -0.39 is 6.03 Å². The van der Waals surface area contributed by atoms with Crippen LogP contribution in [-0.2, 0) is 6.42 Å². The van der Waals surface area contributed by atoms with Crippen LogP contribution in [0.1, 0.15) is 29.5 Å². The molecule has 0 atom stereocenters. The topological polar surface area (TPSA) is 87.7 Å². The van der Waals surface area contributed by atoms with Crippen LogP contribution in [0.2, 0.25) is 0 Å². The van der Waals surface area contributed by atoms with Crippen LogP contribution < -0.4 is 11.2 Å². The third-order valence-corrected chi connectivity index (χ3v) is 2.96. The van der Waals surface area contributed by atoms with Gasteiger partial charge in [0.1, 0.15) is 5.75 Å². The number of phenols is 1. The highest BCUT2D eigenvalue weighted by atomic mass is 16.3. The largest absolute Gasteiger partial charge is 0.507 e. The summed E-state index contributed by atoms with van der Waals surface area (Å²) in [4.78, 5) is 10.6. The van der Waals surface area contributed by atoms with Gasteiger partial charge in [0.2, 0.25) is 0 Å². The average Bonchev–Trinajstić information content (AvgIpc) is 2.31. The molecule has 0 unspecified atom stereocenters. The third-order valence-electron chi connectivity index (χ3n) is 2.96. The summed E-state index contributed by atoms with van der Waals surface area (Å²) in [6.45, 7) is 2.00. The van der Waals surface area contributed by atoms with Crippen LogP contribution in [0.4, 0.5) is 4.79 Å². The molecule has 0 bridgehead atoms. The zero-order valence-corrected chi connectivity index (χ0v) is 9.66. The second-order valence-corrected chi connectivity index (χ2v) is 4.14. The minimum atomic E-state index is -0.697. The Kier molecular flexibility index (Phi) is 2.99. The Balaban J connectivity index is 2.47. The zero-order valence-electron chi connectivity index (χ0n) is 9.66. The number of aromatic hydroxyl groups is 1. The predicted octanol–water partition coefficient (Wildman–Crippen LogP) is 1.41. The predicted molar refractivity (Wildman–Crippen MR) is 65.0 cm³/mol. The van der Waals surface area contributed by atoms with Crippen molar-refractivity contribution in [3.8, 4) is 5.75 Å². The second-order valence-electron chi connectivity index (χ2n) is 4.14. The number of nitrogens with zero attached hydrogens (tertiary/aromatic N) is 1. The smallest absolute Gasteiger partial charge is 0.332 e. The van der Waals surface area contributed by atoms with Gasteiger partial charge in [0.15, 0.2) is 0 Å². The van der Waals surface area contributed by atoms with E-state index in [4.69, 9.17) is 5.73 Å². The average molecular weight is 233 g/mol. The normalized spacial score (nSPS) is 16.6. The van der Waals surface area contributed by atoms with E-state index in [1.54, 1.807) is 6.07 Å². The van der Waals surface area contributed by atoms with E-state index in [1.807, 2.05) is 13.0 Å². The van der Waals surface area contributed by atoms with E-state index in [0.29, 0.717) is 5.71 Å². The quantitative estimate of drug-likeness (QED) is 0.640. The monoisotopic (exact) mass is 233 g/mol. The molecule has 17 heavy (non-hydrogen) atoms. The molecule has 90 valence electrons. The number of benzene rings is 1. The van der Waals surface area contributed by atoms with Crippen LogP contribution in [-0.4, -0.2) is 16.8 Å². The lowest BCUT2D eigenvalue weighted by Gasteiger charge is -2.20. The Labute approximate surface area is 99.3 Å². The molecule has 2 amide bonds. The molecule has 0 heterocycles. The van der Waals surface area contributed by atoms with Gasteiger partial charge in [-0.2, -0.15) is 5.10 Å². The van der Waals surface area contributed by atoms with Crippen LogP contribution in [0.5, 0.6) is 5.75 Å². The summed E-state index contributed by atoms with van der Waals surface area (Å²) in [5.74, 6) is 0.204. The van der Waals surface area contributed by atoms with Gasteiger partial charge < -0.3 is 10.8 Å². The summed E-state index contributed by atoms with van der Waals surface area (Å²) in [5, 5.41) is 13.8. The fourth-order valence-electron chi connectivity index (χ4n) is 2.18. The van der Waals surface area contributed by atoms with Crippen molar-refractivity contribution in [1.82, 2.24) is 5.43 Å². The number of nitrogens with two attached hydrogens (primary N) is 1. The molecular formula is C12H15N3O2. The minimum absolute atomic E-state index is 0.204. The molecule has 0 spiro atoms. The van der Waals surface area contributed by atoms with Crippen molar-refractivity contribution < 1.29 is 9.90 Å². The van der Waals surface area contributed by atoms with Gasteiger partial charge in [-0.05, 0) is 43.4 Å². The Hall–Kier alpha value is -2.04. The van der Waals surface area contributed by atoms with Crippen molar-refractivity contribution in [2.75, 3.05) is 0 Å². The maximum absolute atomic E-state index is 10.6. The molecule has 0 aliphatic heterocycles. The molecule has 1 aliphatic carbocycles. The highest BCUT2D eigenvalue weighted by Crippen LogP contribution is 2.31. The van der Waals surface area contributed by atoms with Gasteiger partial charge in [0.25, 0.3) is 0 Å². The lowest BCUT2D eigenvalue weighted by atomic mass is 9.86. The molecule has 1 aliphatic rings. The number of hydrogen-bond donors (Lipinski definition) is 3. The third kappa shape index (κ3) is 2.22. The van der Waals surface area contributed by atoms with Crippen molar-refractivity contribution in [3.05, 3.63) is 28.8 Å². The number of carbonyl (C=O) groups excluding carboxylic acids is 1. The van der Waals surface area contributed by atoms with E-state index in [1.165, 1.54) is 0 Å². The number of fused-ring (bicyclic) bond motifs is 1. The number of nitrogens with one attached hydrogen (secondary N) is 1. The molecule has 1 aromatic rings. The van der Waals surface area contributed by atoms with Gasteiger partial charge in [-0.15, -0.1) is 0 Å². The highest BCUT2D eigenvalue weighted by molar-refractivity contribution is 6.05. The van der Waals surface area contributed by atoms with Gasteiger partial charge in [-0.25, -0.2) is 10.2 Å². The molecular weight excluding hydrogens is 218 g/mol. The van der Waals surface area contributed by atoms with Gasteiger partial charge in [0, 0.05) is 5.56 Å². The van der Waals surface area contributed by atoms with Gasteiger partial charge in [-0.1, -0.05) is 6.07 Å². The van der Waals surface area contributed by atoms with Crippen LogP contribution >= 0.6 is 0 Å². The van der Waals surface area contributed by atoms with Crippen molar-refractivity contribution >= 4 is 11.7 Å². The van der Waals surface area contributed by atoms with E-state index in [2.05, 4.69) is 10.5 Å².